The van der Waals surface area contributed by atoms with Crippen LogP contribution in [0.2, 0.25) is 0 Å². The van der Waals surface area contributed by atoms with Crippen molar-refractivity contribution in [2.75, 3.05) is 5.32 Å². The van der Waals surface area contributed by atoms with Crippen LogP contribution in [0.15, 0.2) is 30.7 Å². The Hall–Kier alpha value is -2.37. The van der Waals surface area contributed by atoms with Crippen LogP contribution in [0.3, 0.4) is 0 Å². The average molecular weight is 260 g/mol. The van der Waals surface area contributed by atoms with E-state index in [-0.39, 0.29) is 10.6 Å². The summed E-state index contributed by atoms with van der Waals surface area (Å²) in [6.45, 7) is 2.49. The molecule has 1 heterocycles. The van der Waals surface area contributed by atoms with E-state index in [0.717, 1.165) is 16.9 Å². The Kier molecular flexibility index (Phi) is 3.79. The van der Waals surface area contributed by atoms with Crippen LogP contribution in [0, 0.1) is 10.1 Å². The van der Waals surface area contributed by atoms with E-state index >= 15 is 0 Å². The Bertz CT molecular complexity index is 592. The van der Waals surface area contributed by atoms with Crippen molar-refractivity contribution in [3.05, 3.63) is 52.1 Å². The first-order valence-electron chi connectivity index (χ1n) is 6.08. The third-order valence-electron chi connectivity index (χ3n) is 3.05. The molecule has 0 bridgehead atoms. The molecule has 0 unspecified atom stereocenters. The highest BCUT2D eigenvalue weighted by Crippen LogP contribution is 2.23. The molecule has 0 aliphatic rings. The first-order valence-corrected chi connectivity index (χ1v) is 6.08. The van der Waals surface area contributed by atoms with Crippen LogP contribution in [0.5, 0.6) is 0 Å². The Morgan fingerprint density at radius 3 is 2.84 bits per heavy atom. The summed E-state index contributed by atoms with van der Waals surface area (Å²) in [5, 5.41) is 14.2. The second-order valence-corrected chi connectivity index (χ2v) is 4.30. The molecule has 0 aliphatic heterocycles. The molecule has 6 heteroatoms. The molecule has 0 amide bonds. The quantitative estimate of drug-likeness (QED) is 0.662. The van der Waals surface area contributed by atoms with Gasteiger partial charge < -0.3 is 9.88 Å². The Morgan fingerprint density at radius 1 is 1.47 bits per heavy atom. The molecule has 2 aromatic rings. The van der Waals surface area contributed by atoms with Gasteiger partial charge in [-0.1, -0.05) is 13.0 Å². The summed E-state index contributed by atoms with van der Waals surface area (Å²) in [4.78, 5) is 14.7. The molecule has 0 saturated heterocycles. The van der Waals surface area contributed by atoms with Gasteiger partial charge in [-0.3, -0.25) is 10.1 Å². The van der Waals surface area contributed by atoms with Crippen molar-refractivity contribution in [2.45, 2.75) is 19.9 Å². The zero-order chi connectivity index (χ0) is 13.8. The molecule has 0 spiro atoms. The Balaban J connectivity index is 2.15. The lowest BCUT2D eigenvalue weighted by atomic mass is 10.1. The van der Waals surface area contributed by atoms with Crippen molar-refractivity contribution < 1.29 is 4.92 Å². The van der Waals surface area contributed by atoms with E-state index in [1.165, 1.54) is 0 Å². The van der Waals surface area contributed by atoms with Gasteiger partial charge in [0, 0.05) is 30.6 Å². The van der Waals surface area contributed by atoms with E-state index in [4.69, 9.17) is 0 Å². The minimum Gasteiger partial charge on any atom is -0.379 e. The minimum absolute atomic E-state index is 0.164. The zero-order valence-electron chi connectivity index (χ0n) is 11.0. The van der Waals surface area contributed by atoms with E-state index in [1.807, 2.05) is 24.6 Å². The number of aryl methyl sites for hydroxylation is 2. The highest BCUT2D eigenvalue weighted by Gasteiger charge is 2.12. The van der Waals surface area contributed by atoms with Crippen LogP contribution in [-0.2, 0) is 20.0 Å². The fourth-order valence-electron chi connectivity index (χ4n) is 1.89. The highest BCUT2D eigenvalue weighted by molar-refractivity contribution is 5.55. The van der Waals surface area contributed by atoms with Crippen LogP contribution < -0.4 is 5.32 Å². The number of benzene rings is 1. The molecule has 19 heavy (non-hydrogen) atoms. The summed E-state index contributed by atoms with van der Waals surface area (Å²) in [6, 6.07) is 5.24. The molecule has 0 atom stereocenters. The first-order chi connectivity index (χ1) is 9.11. The number of nitrogens with one attached hydrogen (secondary N) is 1. The molecule has 1 N–H and O–H groups in total. The van der Waals surface area contributed by atoms with Gasteiger partial charge in [-0.2, -0.15) is 0 Å². The third-order valence-corrected chi connectivity index (χ3v) is 3.05. The van der Waals surface area contributed by atoms with Crippen LogP contribution in [0.4, 0.5) is 11.4 Å². The second kappa shape index (κ2) is 5.51. The molecule has 1 aromatic heterocycles. The monoisotopic (exact) mass is 260 g/mol. The SMILES string of the molecule is CCc1ccc(NCc2cncn2C)cc1[N+](=O)[O-]. The van der Waals surface area contributed by atoms with E-state index < -0.39 is 0 Å². The van der Waals surface area contributed by atoms with Crippen molar-refractivity contribution in [3.8, 4) is 0 Å². The number of anilines is 1. The van der Waals surface area contributed by atoms with Crippen molar-refractivity contribution in [1.29, 1.82) is 0 Å². The van der Waals surface area contributed by atoms with Crippen molar-refractivity contribution >= 4 is 11.4 Å². The normalized spacial score (nSPS) is 10.4. The van der Waals surface area contributed by atoms with Crippen molar-refractivity contribution in [3.63, 3.8) is 0 Å². The summed E-state index contributed by atoms with van der Waals surface area (Å²) in [5.74, 6) is 0. The molecule has 100 valence electrons. The lowest BCUT2D eigenvalue weighted by Gasteiger charge is -2.08. The number of aromatic nitrogens is 2. The van der Waals surface area contributed by atoms with Crippen LogP contribution in [0.25, 0.3) is 0 Å². The molecule has 1 aromatic carbocycles. The number of nitrogens with zero attached hydrogens (tertiary/aromatic N) is 3. The van der Waals surface area contributed by atoms with Gasteiger partial charge in [0.05, 0.1) is 23.5 Å². The van der Waals surface area contributed by atoms with E-state index in [1.54, 1.807) is 24.7 Å². The van der Waals surface area contributed by atoms with E-state index in [0.29, 0.717) is 13.0 Å². The van der Waals surface area contributed by atoms with Gasteiger partial charge in [-0.15, -0.1) is 0 Å². The molecule has 0 aliphatic carbocycles. The third kappa shape index (κ3) is 2.90. The number of nitro benzene ring substituents is 1. The van der Waals surface area contributed by atoms with Gasteiger partial charge in [0.1, 0.15) is 0 Å². The predicted octanol–water partition coefficient (Wildman–Crippen LogP) is 2.50. The topological polar surface area (TPSA) is 73.0 Å². The lowest BCUT2D eigenvalue weighted by molar-refractivity contribution is -0.385. The molecule has 2 rings (SSSR count). The fourth-order valence-corrected chi connectivity index (χ4v) is 1.89. The minimum atomic E-state index is -0.339. The predicted molar refractivity (Wildman–Crippen MR) is 73.0 cm³/mol. The Labute approximate surface area is 111 Å². The van der Waals surface area contributed by atoms with Gasteiger partial charge in [0.25, 0.3) is 5.69 Å². The number of hydrogen-bond donors (Lipinski definition) is 1. The van der Waals surface area contributed by atoms with E-state index in [9.17, 15) is 10.1 Å². The molecule has 0 radical (unpaired) electrons. The standard InChI is InChI=1S/C13H16N4O2/c1-3-10-4-5-11(6-13(10)17(18)19)15-8-12-7-14-9-16(12)2/h4-7,9,15H,3,8H2,1-2H3. The zero-order valence-corrected chi connectivity index (χ0v) is 11.0. The number of nitro groups is 1. The van der Waals surface area contributed by atoms with Crippen LogP contribution in [0.1, 0.15) is 18.2 Å². The Morgan fingerprint density at radius 2 is 2.26 bits per heavy atom. The van der Waals surface area contributed by atoms with Crippen LogP contribution >= 0.6 is 0 Å². The summed E-state index contributed by atoms with van der Waals surface area (Å²) in [7, 11) is 1.91. The van der Waals surface area contributed by atoms with Gasteiger partial charge in [-0.25, -0.2) is 4.98 Å². The van der Waals surface area contributed by atoms with Crippen molar-refractivity contribution in [1.82, 2.24) is 9.55 Å². The second-order valence-electron chi connectivity index (χ2n) is 4.30. The van der Waals surface area contributed by atoms with E-state index in [2.05, 4.69) is 10.3 Å². The van der Waals surface area contributed by atoms with Gasteiger partial charge in [0.2, 0.25) is 0 Å². The summed E-state index contributed by atoms with van der Waals surface area (Å²) in [5.41, 5.74) is 2.67. The first kappa shape index (κ1) is 13.1. The maximum Gasteiger partial charge on any atom is 0.274 e. The van der Waals surface area contributed by atoms with Gasteiger partial charge in [0.15, 0.2) is 0 Å². The number of rotatable bonds is 5. The maximum absolute atomic E-state index is 11.0. The lowest BCUT2D eigenvalue weighted by Crippen LogP contribution is -2.04. The number of hydrogen-bond acceptors (Lipinski definition) is 4. The van der Waals surface area contributed by atoms with Crippen LogP contribution in [-0.4, -0.2) is 14.5 Å². The molecular formula is C13H16N4O2. The summed E-state index contributed by atoms with van der Waals surface area (Å²) >= 11 is 0. The average Bonchev–Trinajstić information content (AvgIpc) is 2.81. The summed E-state index contributed by atoms with van der Waals surface area (Å²) < 4.78 is 1.90. The summed E-state index contributed by atoms with van der Waals surface area (Å²) in [6.07, 6.45) is 4.14. The van der Waals surface area contributed by atoms with Gasteiger partial charge in [-0.05, 0) is 12.5 Å². The highest BCUT2D eigenvalue weighted by atomic mass is 16.6. The molecule has 0 saturated carbocycles. The molecular weight excluding hydrogens is 244 g/mol. The molecule has 0 fully saturated rings. The molecule has 6 nitrogen and oxygen atoms in total. The van der Waals surface area contributed by atoms with Crippen molar-refractivity contribution in [2.24, 2.45) is 7.05 Å². The maximum atomic E-state index is 11.0. The number of imidazole rings is 1. The smallest absolute Gasteiger partial charge is 0.274 e. The largest absolute Gasteiger partial charge is 0.379 e. The van der Waals surface area contributed by atoms with Gasteiger partial charge >= 0.3 is 0 Å². The fraction of sp³-hybridized carbons (Fsp3) is 0.308.